The fourth-order valence-corrected chi connectivity index (χ4v) is 1.90. The zero-order valence-electron chi connectivity index (χ0n) is 11.0. The summed E-state index contributed by atoms with van der Waals surface area (Å²) in [5.41, 5.74) is 0.961. The van der Waals surface area contributed by atoms with E-state index in [9.17, 15) is 9.59 Å². The van der Waals surface area contributed by atoms with Gasteiger partial charge in [0.25, 0.3) is 5.91 Å². The van der Waals surface area contributed by atoms with Gasteiger partial charge in [0, 0.05) is 6.42 Å². The zero-order valence-corrected chi connectivity index (χ0v) is 11.0. The second kappa shape index (κ2) is 5.84. The van der Waals surface area contributed by atoms with Crippen LogP contribution in [0.4, 0.5) is 0 Å². The molecular weight excluding hydrogens is 246 g/mol. The Kier molecular flexibility index (Phi) is 4.16. The van der Waals surface area contributed by atoms with Crippen LogP contribution in [0.3, 0.4) is 0 Å². The number of esters is 1. The summed E-state index contributed by atoms with van der Waals surface area (Å²) in [6.07, 6.45) is -0.113. The molecule has 1 aliphatic rings. The predicted octanol–water partition coefficient (Wildman–Crippen LogP) is 0.674. The molecule has 1 saturated heterocycles. The van der Waals surface area contributed by atoms with Crippen LogP contribution >= 0.6 is 0 Å². The largest absolute Gasteiger partial charge is 0.467 e. The predicted molar refractivity (Wildman–Crippen MR) is 68.4 cm³/mol. The number of ether oxygens (including phenoxy) is 2. The number of benzene rings is 1. The van der Waals surface area contributed by atoms with Crippen molar-refractivity contribution in [2.75, 3.05) is 7.11 Å². The van der Waals surface area contributed by atoms with Crippen LogP contribution in [0.25, 0.3) is 0 Å². The van der Waals surface area contributed by atoms with E-state index in [0.717, 1.165) is 5.56 Å². The molecule has 1 aromatic rings. The molecule has 0 spiro atoms. The molecule has 0 aromatic heterocycles. The van der Waals surface area contributed by atoms with E-state index in [-0.39, 0.29) is 12.0 Å². The number of carbonyl (C=O) groups excluding carboxylic acids is 2. The van der Waals surface area contributed by atoms with Crippen molar-refractivity contribution in [1.29, 1.82) is 0 Å². The molecule has 0 radical (unpaired) electrons. The van der Waals surface area contributed by atoms with E-state index in [4.69, 9.17) is 9.47 Å². The third-order valence-corrected chi connectivity index (χ3v) is 3.05. The van der Waals surface area contributed by atoms with Gasteiger partial charge in [0.15, 0.2) is 6.10 Å². The second-order valence-corrected chi connectivity index (χ2v) is 4.54. The number of carbonyl (C=O) groups is 2. The SMILES string of the molecule is COC(=O)C(Cc1ccccc1)NC(=O)[C@@H]1O[C@H]1C. The average Bonchev–Trinajstić information content (AvgIpc) is 3.15. The van der Waals surface area contributed by atoms with Gasteiger partial charge in [-0.25, -0.2) is 4.79 Å². The van der Waals surface area contributed by atoms with Crippen molar-refractivity contribution in [1.82, 2.24) is 5.32 Å². The molecule has 1 unspecified atom stereocenters. The Morgan fingerprint density at radius 1 is 1.37 bits per heavy atom. The zero-order chi connectivity index (χ0) is 13.8. The molecule has 2 rings (SSSR count). The summed E-state index contributed by atoms with van der Waals surface area (Å²) in [7, 11) is 1.31. The Morgan fingerprint density at radius 3 is 2.53 bits per heavy atom. The van der Waals surface area contributed by atoms with Crippen molar-refractivity contribution in [2.24, 2.45) is 0 Å². The van der Waals surface area contributed by atoms with Gasteiger partial charge in [-0.3, -0.25) is 4.79 Å². The van der Waals surface area contributed by atoms with Gasteiger partial charge in [-0.1, -0.05) is 30.3 Å². The summed E-state index contributed by atoms with van der Waals surface area (Å²) >= 11 is 0. The molecule has 3 atom stereocenters. The molecule has 102 valence electrons. The van der Waals surface area contributed by atoms with Gasteiger partial charge < -0.3 is 14.8 Å². The molecule has 1 aromatic carbocycles. The third-order valence-electron chi connectivity index (χ3n) is 3.05. The highest BCUT2D eigenvalue weighted by molar-refractivity contribution is 5.88. The minimum absolute atomic E-state index is 0.0741. The van der Waals surface area contributed by atoms with Crippen LogP contribution in [-0.2, 0) is 25.5 Å². The lowest BCUT2D eigenvalue weighted by Gasteiger charge is -2.16. The van der Waals surface area contributed by atoms with Crippen molar-refractivity contribution >= 4 is 11.9 Å². The number of rotatable bonds is 5. The fourth-order valence-electron chi connectivity index (χ4n) is 1.90. The molecule has 1 fully saturated rings. The van der Waals surface area contributed by atoms with E-state index in [1.165, 1.54) is 7.11 Å². The number of hydrogen-bond acceptors (Lipinski definition) is 4. The van der Waals surface area contributed by atoms with E-state index >= 15 is 0 Å². The fraction of sp³-hybridized carbons (Fsp3) is 0.429. The Balaban J connectivity index is 1.99. The number of epoxide rings is 1. The van der Waals surface area contributed by atoms with Crippen molar-refractivity contribution in [2.45, 2.75) is 31.6 Å². The normalized spacial score (nSPS) is 22.4. The number of methoxy groups -OCH3 is 1. The minimum Gasteiger partial charge on any atom is -0.467 e. The Hall–Kier alpha value is -1.88. The van der Waals surface area contributed by atoms with Gasteiger partial charge in [-0.15, -0.1) is 0 Å². The van der Waals surface area contributed by atoms with Gasteiger partial charge in [0.2, 0.25) is 0 Å². The van der Waals surface area contributed by atoms with Crippen LogP contribution in [0.2, 0.25) is 0 Å². The van der Waals surface area contributed by atoms with Gasteiger partial charge >= 0.3 is 5.97 Å². The highest BCUT2D eigenvalue weighted by Crippen LogP contribution is 2.21. The Bertz CT molecular complexity index is 460. The molecule has 1 aliphatic heterocycles. The average molecular weight is 263 g/mol. The van der Waals surface area contributed by atoms with Gasteiger partial charge in [0.1, 0.15) is 6.04 Å². The number of hydrogen-bond donors (Lipinski definition) is 1. The first-order valence-corrected chi connectivity index (χ1v) is 6.19. The maximum absolute atomic E-state index is 11.8. The monoisotopic (exact) mass is 263 g/mol. The van der Waals surface area contributed by atoms with Crippen molar-refractivity contribution < 1.29 is 19.1 Å². The lowest BCUT2D eigenvalue weighted by molar-refractivity contribution is -0.145. The summed E-state index contributed by atoms with van der Waals surface area (Å²) in [6, 6.07) is 8.79. The van der Waals surface area contributed by atoms with Crippen LogP contribution in [0.5, 0.6) is 0 Å². The summed E-state index contributed by atoms with van der Waals surface area (Å²) < 4.78 is 9.80. The first-order valence-electron chi connectivity index (χ1n) is 6.19. The van der Waals surface area contributed by atoms with Crippen LogP contribution in [-0.4, -0.2) is 37.2 Å². The van der Waals surface area contributed by atoms with Crippen LogP contribution in [0.15, 0.2) is 30.3 Å². The Labute approximate surface area is 111 Å². The minimum atomic E-state index is -0.684. The maximum Gasteiger partial charge on any atom is 0.328 e. The molecule has 1 N–H and O–H groups in total. The van der Waals surface area contributed by atoms with E-state index in [0.29, 0.717) is 6.42 Å². The first-order chi connectivity index (χ1) is 9.11. The van der Waals surface area contributed by atoms with Crippen LogP contribution < -0.4 is 5.32 Å². The van der Waals surface area contributed by atoms with E-state index in [1.807, 2.05) is 37.3 Å². The smallest absolute Gasteiger partial charge is 0.328 e. The van der Waals surface area contributed by atoms with E-state index in [2.05, 4.69) is 5.32 Å². The summed E-state index contributed by atoms with van der Waals surface area (Å²) in [6.45, 7) is 1.81. The highest BCUT2D eigenvalue weighted by Gasteiger charge is 2.42. The quantitative estimate of drug-likeness (QED) is 0.626. The van der Waals surface area contributed by atoms with Crippen molar-refractivity contribution in [3.63, 3.8) is 0 Å². The van der Waals surface area contributed by atoms with Gasteiger partial charge in [-0.05, 0) is 12.5 Å². The van der Waals surface area contributed by atoms with Gasteiger partial charge in [-0.2, -0.15) is 0 Å². The van der Waals surface area contributed by atoms with E-state index in [1.54, 1.807) is 0 Å². The summed E-state index contributed by atoms with van der Waals surface area (Å²) in [5, 5.41) is 2.67. The highest BCUT2D eigenvalue weighted by atomic mass is 16.6. The molecule has 5 heteroatoms. The molecule has 5 nitrogen and oxygen atoms in total. The molecule has 1 heterocycles. The molecule has 0 saturated carbocycles. The lowest BCUT2D eigenvalue weighted by Crippen LogP contribution is -2.45. The molecule has 0 bridgehead atoms. The summed E-state index contributed by atoms with van der Waals surface area (Å²) in [5.74, 6) is -0.718. The number of nitrogens with one attached hydrogen (secondary N) is 1. The molecule has 1 amide bonds. The van der Waals surface area contributed by atoms with Crippen LogP contribution in [0.1, 0.15) is 12.5 Å². The lowest BCUT2D eigenvalue weighted by atomic mass is 10.1. The number of amides is 1. The Morgan fingerprint density at radius 2 is 2.00 bits per heavy atom. The topological polar surface area (TPSA) is 67.9 Å². The van der Waals surface area contributed by atoms with Crippen molar-refractivity contribution in [3.05, 3.63) is 35.9 Å². The third kappa shape index (κ3) is 3.54. The van der Waals surface area contributed by atoms with Crippen molar-refractivity contribution in [3.8, 4) is 0 Å². The van der Waals surface area contributed by atoms with Gasteiger partial charge in [0.05, 0.1) is 13.2 Å². The second-order valence-electron chi connectivity index (χ2n) is 4.54. The van der Waals surface area contributed by atoms with Crippen LogP contribution in [0, 0.1) is 0 Å². The first kappa shape index (κ1) is 13.5. The molecule has 0 aliphatic carbocycles. The molecule has 19 heavy (non-hydrogen) atoms. The maximum atomic E-state index is 11.8. The molecular formula is C14H17NO4. The standard InChI is InChI=1S/C14H17NO4/c1-9-12(19-9)13(16)15-11(14(17)18-2)8-10-6-4-3-5-7-10/h3-7,9,11-12H,8H2,1-2H3,(H,15,16)/t9-,11?,12+/m0/s1. The summed E-state index contributed by atoms with van der Waals surface area (Å²) in [4.78, 5) is 23.5. The van der Waals surface area contributed by atoms with E-state index < -0.39 is 18.1 Å².